The Balaban J connectivity index is 1.31. The van der Waals surface area contributed by atoms with Crippen molar-refractivity contribution in [3.05, 3.63) is 53.7 Å². The van der Waals surface area contributed by atoms with Gasteiger partial charge in [-0.15, -0.1) is 11.3 Å². The van der Waals surface area contributed by atoms with Gasteiger partial charge in [-0.05, 0) is 36.4 Å². The van der Waals surface area contributed by atoms with Crippen LogP contribution in [0.2, 0.25) is 0 Å². The van der Waals surface area contributed by atoms with Crippen LogP contribution in [0.4, 0.5) is 4.79 Å². The molecule has 0 saturated heterocycles. The summed E-state index contributed by atoms with van der Waals surface area (Å²) in [4.78, 5) is 15.4. The first kappa shape index (κ1) is 16.1. The van der Waals surface area contributed by atoms with Gasteiger partial charge in [0, 0.05) is 47.5 Å². The van der Waals surface area contributed by atoms with E-state index in [0.29, 0.717) is 13.1 Å². The van der Waals surface area contributed by atoms with E-state index in [1.165, 1.54) is 15.0 Å². The molecule has 1 aliphatic carbocycles. The van der Waals surface area contributed by atoms with Crippen LogP contribution in [-0.4, -0.2) is 34.3 Å². The van der Waals surface area contributed by atoms with E-state index in [9.17, 15) is 4.79 Å². The van der Waals surface area contributed by atoms with Crippen LogP contribution in [0.15, 0.2) is 48.8 Å². The Kier molecular flexibility index (Phi) is 4.21. The minimum absolute atomic E-state index is 0.0100. The molecule has 0 radical (unpaired) electrons. The van der Waals surface area contributed by atoms with Gasteiger partial charge in [0.2, 0.25) is 0 Å². The highest BCUT2D eigenvalue weighted by Crippen LogP contribution is 2.46. The van der Waals surface area contributed by atoms with Gasteiger partial charge in [0.15, 0.2) is 0 Å². The number of urea groups is 1. The molecule has 2 aromatic heterocycles. The van der Waals surface area contributed by atoms with E-state index in [2.05, 4.69) is 28.6 Å². The number of carbonyl (C=O) groups is 1. The van der Waals surface area contributed by atoms with E-state index in [4.69, 9.17) is 0 Å². The SMILES string of the molecule is CN(Cc1cc2ccccc2s1)C(=O)NCC1(Cn2cccn2)CC1. The molecule has 0 bridgehead atoms. The number of nitrogens with zero attached hydrogens (tertiary/aromatic N) is 3. The Morgan fingerprint density at radius 2 is 2.20 bits per heavy atom. The van der Waals surface area contributed by atoms with Crippen LogP contribution in [0.5, 0.6) is 0 Å². The average Bonchev–Trinajstić information content (AvgIpc) is 3.00. The second-order valence-corrected chi connectivity index (χ2v) is 8.14. The summed E-state index contributed by atoms with van der Waals surface area (Å²) in [5.41, 5.74) is 0.181. The fourth-order valence-corrected chi connectivity index (χ4v) is 4.24. The van der Waals surface area contributed by atoms with Gasteiger partial charge >= 0.3 is 6.03 Å². The van der Waals surface area contributed by atoms with Crippen molar-refractivity contribution in [2.45, 2.75) is 25.9 Å². The molecule has 0 atom stereocenters. The van der Waals surface area contributed by atoms with Gasteiger partial charge < -0.3 is 10.2 Å². The van der Waals surface area contributed by atoms with Crippen molar-refractivity contribution < 1.29 is 4.79 Å². The third-order valence-electron chi connectivity index (χ3n) is 4.84. The minimum atomic E-state index is -0.0100. The first-order chi connectivity index (χ1) is 12.1. The summed E-state index contributed by atoms with van der Waals surface area (Å²) >= 11 is 1.75. The van der Waals surface area contributed by atoms with Gasteiger partial charge in [-0.25, -0.2) is 4.79 Å². The minimum Gasteiger partial charge on any atom is -0.337 e. The number of fused-ring (bicyclic) bond motifs is 1. The van der Waals surface area contributed by atoms with Crippen LogP contribution in [0, 0.1) is 5.41 Å². The molecular formula is C19H22N4OS. The average molecular weight is 354 g/mol. The molecule has 0 aliphatic heterocycles. The van der Waals surface area contributed by atoms with Crippen LogP contribution in [0.3, 0.4) is 0 Å². The molecule has 3 aromatic rings. The van der Waals surface area contributed by atoms with Gasteiger partial charge in [-0.2, -0.15) is 5.10 Å². The van der Waals surface area contributed by atoms with Gasteiger partial charge in [0.05, 0.1) is 6.54 Å². The summed E-state index contributed by atoms with van der Waals surface area (Å²) in [7, 11) is 1.85. The van der Waals surface area contributed by atoms with Crippen LogP contribution in [0.1, 0.15) is 17.7 Å². The Morgan fingerprint density at radius 1 is 1.36 bits per heavy atom. The first-order valence-corrected chi connectivity index (χ1v) is 9.39. The molecule has 5 nitrogen and oxygen atoms in total. The zero-order chi connectivity index (χ0) is 17.3. The number of thiophene rings is 1. The molecule has 0 spiro atoms. The lowest BCUT2D eigenvalue weighted by molar-refractivity contribution is 0.203. The van der Waals surface area contributed by atoms with Crippen molar-refractivity contribution in [1.29, 1.82) is 0 Å². The van der Waals surface area contributed by atoms with Gasteiger partial charge in [0.25, 0.3) is 0 Å². The van der Waals surface area contributed by atoms with Crippen LogP contribution in [-0.2, 0) is 13.1 Å². The third-order valence-corrected chi connectivity index (χ3v) is 5.95. The molecule has 130 valence electrons. The summed E-state index contributed by atoms with van der Waals surface area (Å²) in [5.74, 6) is 0. The third kappa shape index (κ3) is 3.69. The maximum absolute atomic E-state index is 12.4. The lowest BCUT2D eigenvalue weighted by Crippen LogP contribution is -2.40. The highest BCUT2D eigenvalue weighted by Gasteiger charge is 2.43. The molecular weight excluding hydrogens is 332 g/mol. The summed E-state index contributed by atoms with van der Waals surface area (Å²) in [5, 5.41) is 8.62. The number of carbonyl (C=O) groups excluding carboxylic acids is 1. The van der Waals surface area contributed by atoms with Crippen molar-refractivity contribution in [3.8, 4) is 0 Å². The number of hydrogen-bond donors (Lipinski definition) is 1. The number of aromatic nitrogens is 2. The smallest absolute Gasteiger partial charge is 0.317 e. The summed E-state index contributed by atoms with van der Waals surface area (Å²) in [6.45, 7) is 2.22. The van der Waals surface area contributed by atoms with Crippen LogP contribution >= 0.6 is 11.3 Å². The highest BCUT2D eigenvalue weighted by molar-refractivity contribution is 7.19. The van der Waals surface area contributed by atoms with Gasteiger partial charge in [-0.3, -0.25) is 4.68 Å². The maximum atomic E-state index is 12.4. The van der Waals surface area contributed by atoms with Gasteiger partial charge in [0.1, 0.15) is 0 Å². The largest absolute Gasteiger partial charge is 0.337 e. The number of benzene rings is 1. The van der Waals surface area contributed by atoms with E-state index in [1.54, 1.807) is 22.4 Å². The monoisotopic (exact) mass is 354 g/mol. The molecule has 2 amide bonds. The molecule has 0 unspecified atom stereocenters. The van der Waals surface area contributed by atoms with Crippen molar-refractivity contribution >= 4 is 27.5 Å². The van der Waals surface area contributed by atoms with Crippen molar-refractivity contribution in [2.24, 2.45) is 5.41 Å². The molecule has 1 saturated carbocycles. The fourth-order valence-electron chi connectivity index (χ4n) is 3.12. The molecule has 1 fully saturated rings. The van der Waals surface area contributed by atoms with E-state index in [-0.39, 0.29) is 11.4 Å². The quantitative estimate of drug-likeness (QED) is 0.733. The summed E-state index contributed by atoms with van der Waals surface area (Å²) < 4.78 is 3.22. The normalized spacial score (nSPS) is 15.2. The molecule has 1 aromatic carbocycles. The maximum Gasteiger partial charge on any atom is 0.317 e. The molecule has 4 rings (SSSR count). The molecule has 25 heavy (non-hydrogen) atoms. The lowest BCUT2D eigenvalue weighted by atomic mass is 10.1. The molecule has 1 aliphatic rings. The predicted molar refractivity (Wildman–Crippen MR) is 101 cm³/mol. The number of amides is 2. The van der Waals surface area contributed by atoms with E-state index < -0.39 is 0 Å². The highest BCUT2D eigenvalue weighted by atomic mass is 32.1. The van der Waals surface area contributed by atoms with Crippen LogP contribution in [0.25, 0.3) is 10.1 Å². The van der Waals surface area contributed by atoms with Crippen molar-refractivity contribution in [3.63, 3.8) is 0 Å². The summed E-state index contributed by atoms with van der Waals surface area (Å²) in [6.07, 6.45) is 6.07. The Labute approximate surface area is 151 Å². The first-order valence-electron chi connectivity index (χ1n) is 8.57. The second-order valence-electron chi connectivity index (χ2n) is 6.97. The second kappa shape index (κ2) is 6.52. The van der Waals surface area contributed by atoms with E-state index >= 15 is 0 Å². The molecule has 2 heterocycles. The standard InChI is InChI=1S/C19H22N4OS/c1-22(12-16-11-15-5-2-3-6-17(15)25-16)18(24)20-13-19(7-8-19)14-23-10-4-9-21-23/h2-6,9-11H,7-8,12-14H2,1H3,(H,20,24). The van der Waals surface area contributed by atoms with E-state index in [1.807, 2.05) is 36.1 Å². The number of hydrogen-bond acceptors (Lipinski definition) is 3. The zero-order valence-electron chi connectivity index (χ0n) is 14.3. The predicted octanol–water partition coefficient (Wildman–Crippen LogP) is 3.72. The number of rotatable bonds is 6. The van der Waals surface area contributed by atoms with Crippen molar-refractivity contribution in [2.75, 3.05) is 13.6 Å². The van der Waals surface area contributed by atoms with E-state index in [0.717, 1.165) is 19.4 Å². The zero-order valence-corrected chi connectivity index (χ0v) is 15.1. The fraction of sp³-hybridized carbons (Fsp3) is 0.368. The van der Waals surface area contributed by atoms with Crippen molar-refractivity contribution in [1.82, 2.24) is 20.0 Å². The molecule has 6 heteroatoms. The summed E-state index contributed by atoms with van der Waals surface area (Å²) in [6, 6.07) is 12.4. The lowest BCUT2D eigenvalue weighted by Gasteiger charge is -2.21. The van der Waals surface area contributed by atoms with Crippen LogP contribution < -0.4 is 5.32 Å². The topological polar surface area (TPSA) is 50.2 Å². The van der Waals surface area contributed by atoms with Gasteiger partial charge in [-0.1, -0.05) is 18.2 Å². The molecule has 1 N–H and O–H groups in total. The Morgan fingerprint density at radius 3 is 2.92 bits per heavy atom. The number of nitrogens with one attached hydrogen (secondary N) is 1. The Hall–Kier alpha value is -2.34. The Bertz CT molecular complexity index is 834.